The van der Waals surface area contributed by atoms with Crippen LogP contribution in [0.15, 0.2) is 0 Å². The van der Waals surface area contributed by atoms with Gasteiger partial charge in [-0.15, -0.1) is 0 Å². The largest absolute Gasteiger partial charge is 0.372 e. The van der Waals surface area contributed by atoms with Crippen LogP contribution >= 0.6 is 0 Å². The van der Waals surface area contributed by atoms with E-state index >= 15 is 0 Å². The minimum absolute atomic E-state index is 0.341. The van der Waals surface area contributed by atoms with E-state index in [1.54, 1.807) is 0 Å². The Morgan fingerprint density at radius 1 is 1.20 bits per heavy atom. The highest BCUT2D eigenvalue weighted by Gasteiger charge is 2.41. The quantitative estimate of drug-likeness (QED) is 0.706. The number of nitrogens with one attached hydrogen (secondary N) is 1. The van der Waals surface area contributed by atoms with E-state index in [0.29, 0.717) is 11.7 Å². The number of ether oxygens (including phenoxy) is 1. The molecular formula is C13H25NO. The molecule has 0 aromatic carbocycles. The highest BCUT2D eigenvalue weighted by atomic mass is 16.5. The molecule has 0 aromatic rings. The average Bonchev–Trinajstić information content (AvgIpc) is 2.85. The number of unbranched alkanes of at least 4 members (excludes halogenated alkanes) is 1. The summed E-state index contributed by atoms with van der Waals surface area (Å²) in [4.78, 5) is 0. The zero-order chi connectivity index (χ0) is 10.6. The summed E-state index contributed by atoms with van der Waals surface area (Å²) in [5, 5.41) is 3.20. The highest BCUT2D eigenvalue weighted by molar-refractivity contribution is 4.92. The fourth-order valence-corrected chi connectivity index (χ4v) is 3.16. The van der Waals surface area contributed by atoms with Gasteiger partial charge in [-0.25, -0.2) is 0 Å². The lowest BCUT2D eigenvalue weighted by molar-refractivity contribution is -0.0394. The third-order valence-electron chi connectivity index (χ3n) is 4.06. The number of hydrogen-bond donors (Lipinski definition) is 1. The summed E-state index contributed by atoms with van der Waals surface area (Å²) in [7, 11) is 2.03. The van der Waals surface area contributed by atoms with Crippen LogP contribution in [-0.2, 0) is 4.74 Å². The Balaban J connectivity index is 1.64. The second-order valence-electron chi connectivity index (χ2n) is 5.27. The van der Waals surface area contributed by atoms with E-state index in [-0.39, 0.29) is 0 Å². The van der Waals surface area contributed by atoms with Crippen LogP contribution < -0.4 is 5.32 Å². The molecule has 1 N–H and O–H groups in total. The Hall–Kier alpha value is -0.0800. The second kappa shape index (κ2) is 5.31. The minimum atomic E-state index is 0.341. The van der Waals surface area contributed by atoms with Crippen LogP contribution in [0.2, 0.25) is 0 Å². The molecular weight excluding hydrogens is 186 g/mol. The molecule has 15 heavy (non-hydrogen) atoms. The van der Waals surface area contributed by atoms with E-state index in [9.17, 15) is 0 Å². The first kappa shape index (κ1) is 11.4. The maximum atomic E-state index is 6.27. The summed E-state index contributed by atoms with van der Waals surface area (Å²) in [6.45, 7) is 1.15. The normalized spacial score (nSPS) is 29.0. The minimum Gasteiger partial charge on any atom is -0.372 e. The van der Waals surface area contributed by atoms with Gasteiger partial charge in [-0.1, -0.05) is 12.8 Å². The zero-order valence-electron chi connectivity index (χ0n) is 10.1. The van der Waals surface area contributed by atoms with Crippen LogP contribution in [0.25, 0.3) is 0 Å². The van der Waals surface area contributed by atoms with Crippen molar-refractivity contribution in [3.05, 3.63) is 0 Å². The predicted molar refractivity (Wildman–Crippen MR) is 63.1 cm³/mol. The van der Waals surface area contributed by atoms with Gasteiger partial charge in [0.25, 0.3) is 0 Å². The molecule has 1 saturated carbocycles. The van der Waals surface area contributed by atoms with Crippen molar-refractivity contribution in [1.82, 2.24) is 5.32 Å². The Kier molecular flexibility index (Phi) is 4.04. The molecule has 0 amide bonds. The fraction of sp³-hybridized carbons (Fsp3) is 1.00. The molecule has 2 heteroatoms. The van der Waals surface area contributed by atoms with Gasteiger partial charge in [-0.3, -0.25) is 0 Å². The van der Waals surface area contributed by atoms with Gasteiger partial charge in [0, 0.05) is 0 Å². The van der Waals surface area contributed by atoms with Crippen molar-refractivity contribution in [2.45, 2.75) is 69.5 Å². The molecule has 88 valence electrons. The van der Waals surface area contributed by atoms with Crippen LogP contribution in [0.3, 0.4) is 0 Å². The van der Waals surface area contributed by atoms with Gasteiger partial charge < -0.3 is 10.1 Å². The van der Waals surface area contributed by atoms with Crippen LogP contribution in [0.4, 0.5) is 0 Å². The summed E-state index contributed by atoms with van der Waals surface area (Å²) in [6, 6.07) is 0. The van der Waals surface area contributed by atoms with E-state index in [4.69, 9.17) is 4.74 Å². The van der Waals surface area contributed by atoms with E-state index in [1.807, 2.05) is 7.05 Å². The average molecular weight is 211 g/mol. The number of hydrogen-bond acceptors (Lipinski definition) is 2. The molecule has 1 heterocycles. The van der Waals surface area contributed by atoms with E-state index in [2.05, 4.69) is 5.32 Å². The standard InChI is InChI=1S/C13H25NO/c1-14-11-5-2-6-12-7-10-13(15-12)8-3-4-9-13/h12,14H,2-11H2,1H3. The van der Waals surface area contributed by atoms with Gasteiger partial charge in [0.05, 0.1) is 11.7 Å². The molecule has 2 aliphatic rings. The fourth-order valence-electron chi connectivity index (χ4n) is 3.16. The Morgan fingerprint density at radius 2 is 2.00 bits per heavy atom. The first-order chi connectivity index (χ1) is 7.35. The number of rotatable bonds is 5. The molecule has 1 atom stereocenters. The SMILES string of the molecule is CNCCCCC1CCC2(CCCC2)O1. The molecule has 2 fully saturated rings. The molecule has 1 unspecified atom stereocenters. The predicted octanol–water partition coefficient (Wildman–Crippen LogP) is 2.87. The van der Waals surface area contributed by atoms with Crippen LogP contribution in [0, 0.1) is 0 Å². The third kappa shape index (κ3) is 2.94. The maximum Gasteiger partial charge on any atom is 0.0687 e. The van der Waals surface area contributed by atoms with Crippen molar-refractivity contribution < 1.29 is 4.74 Å². The molecule has 1 aliphatic carbocycles. The van der Waals surface area contributed by atoms with Crippen molar-refractivity contribution in [2.75, 3.05) is 13.6 Å². The first-order valence-electron chi connectivity index (χ1n) is 6.67. The van der Waals surface area contributed by atoms with Gasteiger partial charge >= 0.3 is 0 Å². The lowest BCUT2D eigenvalue weighted by atomic mass is 9.98. The summed E-state index contributed by atoms with van der Waals surface area (Å²) in [5.74, 6) is 0. The Bertz CT molecular complexity index is 187. The molecule has 1 saturated heterocycles. The van der Waals surface area contributed by atoms with E-state index < -0.39 is 0 Å². The maximum absolute atomic E-state index is 6.27. The van der Waals surface area contributed by atoms with E-state index in [0.717, 1.165) is 6.54 Å². The van der Waals surface area contributed by atoms with Gasteiger partial charge in [0.2, 0.25) is 0 Å². The van der Waals surface area contributed by atoms with Crippen molar-refractivity contribution >= 4 is 0 Å². The molecule has 2 nitrogen and oxygen atoms in total. The van der Waals surface area contributed by atoms with Crippen molar-refractivity contribution in [2.24, 2.45) is 0 Å². The van der Waals surface area contributed by atoms with Gasteiger partial charge in [-0.05, 0) is 58.5 Å². The Morgan fingerprint density at radius 3 is 2.73 bits per heavy atom. The molecule has 0 bridgehead atoms. The molecule has 1 spiro atoms. The summed E-state index contributed by atoms with van der Waals surface area (Å²) < 4.78 is 6.27. The monoisotopic (exact) mass is 211 g/mol. The van der Waals surface area contributed by atoms with Gasteiger partial charge in [-0.2, -0.15) is 0 Å². The zero-order valence-corrected chi connectivity index (χ0v) is 10.1. The molecule has 0 radical (unpaired) electrons. The lowest BCUT2D eigenvalue weighted by Crippen LogP contribution is -2.24. The van der Waals surface area contributed by atoms with Crippen LogP contribution in [0.5, 0.6) is 0 Å². The molecule has 1 aliphatic heterocycles. The van der Waals surface area contributed by atoms with Crippen molar-refractivity contribution in [1.29, 1.82) is 0 Å². The lowest BCUT2D eigenvalue weighted by Gasteiger charge is -2.23. The molecule has 2 rings (SSSR count). The summed E-state index contributed by atoms with van der Waals surface area (Å²) in [5.41, 5.74) is 0.341. The second-order valence-corrected chi connectivity index (χ2v) is 5.27. The topological polar surface area (TPSA) is 21.3 Å². The van der Waals surface area contributed by atoms with E-state index in [1.165, 1.54) is 57.8 Å². The Labute approximate surface area is 93.8 Å². The molecule has 0 aromatic heterocycles. The van der Waals surface area contributed by atoms with Gasteiger partial charge in [0.1, 0.15) is 0 Å². The van der Waals surface area contributed by atoms with Crippen molar-refractivity contribution in [3.8, 4) is 0 Å². The summed E-state index contributed by atoms with van der Waals surface area (Å²) in [6.07, 6.45) is 12.6. The third-order valence-corrected chi connectivity index (χ3v) is 4.06. The smallest absolute Gasteiger partial charge is 0.0687 e. The van der Waals surface area contributed by atoms with Gasteiger partial charge in [0.15, 0.2) is 0 Å². The van der Waals surface area contributed by atoms with Crippen LogP contribution in [0.1, 0.15) is 57.8 Å². The highest BCUT2D eigenvalue weighted by Crippen LogP contribution is 2.44. The van der Waals surface area contributed by atoms with Crippen molar-refractivity contribution in [3.63, 3.8) is 0 Å². The first-order valence-corrected chi connectivity index (χ1v) is 6.67. The van der Waals surface area contributed by atoms with Crippen LogP contribution in [-0.4, -0.2) is 25.3 Å². The summed E-state index contributed by atoms with van der Waals surface area (Å²) >= 11 is 0.